The summed E-state index contributed by atoms with van der Waals surface area (Å²) in [5.41, 5.74) is 1.83. The summed E-state index contributed by atoms with van der Waals surface area (Å²) in [7, 11) is 0. The Balaban J connectivity index is 1.78. The smallest absolute Gasteiger partial charge is 0.139 e. The van der Waals surface area contributed by atoms with Gasteiger partial charge >= 0.3 is 0 Å². The molecule has 2 aliphatic carbocycles. The number of rotatable bonds is 3. The van der Waals surface area contributed by atoms with Gasteiger partial charge in [-0.15, -0.1) is 0 Å². The molecule has 29 heavy (non-hydrogen) atoms. The Morgan fingerprint density at radius 2 is 1.69 bits per heavy atom. The Morgan fingerprint density at radius 3 is 2.34 bits per heavy atom. The number of nitriles is 2. The lowest BCUT2D eigenvalue weighted by molar-refractivity contribution is -0.130. The lowest BCUT2D eigenvalue weighted by Gasteiger charge is -2.53. The highest BCUT2D eigenvalue weighted by Gasteiger charge is 2.56. The first-order valence-electron chi connectivity index (χ1n) is 10.2. The maximum absolute atomic E-state index is 12.8. The minimum atomic E-state index is -0.761. The molecule has 4 atom stereocenters. The number of nitrogens with zero attached hydrogens (tertiary/aromatic N) is 2. The molecule has 0 amide bonds. The third-order valence-corrected chi connectivity index (χ3v) is 7.35. The molecule has 2 fully saturated rings. The highest BCUT2D eigenvalue weighted by molar-refractivity contribution is 6.30. The first-order valence-corrected chi connectivity index (χ1v) is 10.6. The van der Waals surface area contributed by atoms with Crippen LogP contribution in [0.2, 0.25) is 5.02 Å². The van der Waals surface area contributed by atoms with Gasteiger partial charge in [0.1, 0.15) is 11.7 Å². The molecule has 0 bridgehead atoms. The summed E-state index contributed by atoms with van der Waals surface area (Å²) in [4.78, 5) is 12.8. The third-order valence-electron chi connectivity index (χ3n) is 7.10. The van der Waals surface area contributed by atoms with Crippen molar-refractivity contribution in [1.82, 2.24) is 0 Å². The van der Waals surface area contributed by atoms with E-state index >= 15 is 0 Å². The van der Waals surface area contributed by atoms with Crippen molar-refractivity contribution >= 4 is 17.4 Å². The monoisotopic (exact) mass is 402 g/mol. The zero-order chi connectivity index (χ0) is 20.4. The summed E-state index contributed by atoms with van der Waals surface area (Å²) < 4.78 is 0. The molecule has 0 unspecified atom stereocenters. The van der Waals surface area contributed by atoms with Crippen LogP contribution in [0.1, 0.15) is 55.1 Å². The molecule has 0 saturated heterocycles. The number of halogens is 1. The first kappa shape index (κ1) is 19.7. The fourth-order valence-corrected chi connectivity index (χ4v) is 5.86. The van der Waals surface area contributed by atoms with Gasteiger partial charge in [-0.05, 0) is 60.3 Å². The SMILES string of the molecule is N#CC(C#N)[C@]12CC[C@H](c3ccccc3)C[C@H]1[C@H](c1ccc(Cl)cc1)CC(=O)C2. The van der Waals surface area contributed by atoms with Crippen LogP contribution in [0.25, 0.3) is 0 Å². The van der Waals surface area contributed by atoms with Crippen LogP contribution in [-0.2, 0) is 4.79 Å². The Kier molecular flexibility index (Phi) is 5.44. The van der Waals surface area contributed by atoms with Crippen molar-refractivity contribution < 1.29 is 4.79 Å². The van der Waals surface area contributed by atoms with Gasteiger partial charge in [0.15, 0.2) is 0 Å². The van der Waals surface area contributed by atoms with E-state index < -0.39 is 11.3 Å². The van der Waals surface area contributed by atoms with Gasteiger partial charge < -0.3 is 0 Å². The van der Waals surface area contributed by atoms with E-state index in [1.54, 1.807) is 0 Å². The molecule has 4 heteroatoms. The Morgan fingerprint density at radius 1 is 1.00 bits per heavy atom. The molecule has 0 N–H and O–H groups in total. The predicted molar refractivity (Wildman–Crippen MR) is 112 cm³/mol. The molecule has 0 radical (unpaired) electrons. The van der Waals surface area contributed by atoms with E-state index in [0.29, 0.717) is 23.8 Å². The average molecular weight is 403 g/mol. The normalized spacial score (nSPS) is 29.0. The number of benzene rings is 2. The minimum absolute atomic E-state index is 0.0178. The van der Waals surface area contributed by atoms with Crippen LogP contribution in [0.4, 0.5) is 0 Å². The highest BCUT2D eigenvalue weighted by atomic mass is 35.5. The van der Waals surface area contributed by atoms with Crippen molar-refractivity contribution in [2.75, 3.05) is 0 Å². The second-order valence-corrected chi connectivity index (χ2v) is 8.93. The van der Waals surface area contributed by atoms with Crippen molar-refractivity contribution in [3.8, 4) is 12.1 Å². The van der Waals surface area contributed by atoms with E-state index in [1.807, 2.05) is 30.3 Å². The summed E-state index contributed by atoms with van der Waals surface area (Å²) in [6, 6.07) is 22.7. The van der Waals surface area contributed by atoms with Gasteiger partial charge in [-0.3, -0.25) is 4.79 Å². The quantitative estimate of drug-likeness (QED) is 0.630. The van der Waals surface area contributed by atoms with Crippen molar-refractivity contribution in [2.24, 2.45) is 17.3 Å². The van der Waals surface area contributed by atoms with Crippen molar-refractivity contribution in [1.29, 1.82) is 10.5 Å². The summed E-state index contributed by atoms with van der Waals surface area (Å²) >= 11 is 6.09. The van der Waals surface area contributed by atoms with E-state index in [1.165, 1.54) is 5.56 Å². The van der Waals surface area contributed by atoms with E-state index in [2.05, 4.69) is 36.4 Å². The Labute approximate surface area is 176 Å². The number of hydrogen-bond donors (Lipinski definition) is 0. The van der Waals surface area contributed by atoms with E-state index in [4.69, 9.17) is 11.6 Å². The van der Waals surface area contributed by atoms with Crippen LogP contribution >= 0.6 is 11.6 Å². The number of carbonyl (C=O) groups is 1. The molecule has 0 aromatic heterocycles. The maximum atomic E-state index is 12.8. The zero-order valence-electron chi connectivity index (χ0n) is 16.2. The molecule has 3 nitrogen and oxygen atoms in total. The van der Waals surface area contributed by atoms with Gasteiger partial charge in [-0.2, -0.15) is 10.5 Å². The summed E-state index contributed by atoms with van der Waals surface area (Å²) in [5, 5.41) is 20.2. The highest BCUT2D eigenvalue weighted by Crippen LogP contribution is 2.60. The summed E-state index contributed by atoms with van der Waals surface area (Å²) in [6.45, 7) is 0. The number of Topliss-reactive ketones (excluding diaryl/α,β-unsaturated/α-hetero) is 1. The standard InChI is InChI=1S/C25H23ClN2O/c26-21-8-6-18(7-9-21)23-13-22(29)14-25(20(15-27)16-28)11-10-19(12-24(23)25)17-4-2-1-3-5-17/h1-9,19-20,23-24H,10-14H2/t19-,23-,24-,25+/m0/s1. The number of carbonyl (C=O) groups excluding carboxylic acids is 1. The molecule has 0 spiro atoms. The van der Waals surface area contributed by atoms with Gasteiger partial charge in [-0.1, -0.05) is 54.1 Å². The number of hydrogen-bond acceptors (Lipinski definition) is 3. The van der Waals surface area contributed by atoms with Crippen LogP contribution in [-0.4, -0.2) is 5.78 Å². The minimum Gasteiger partial charge on any atom is -0.300 e. The molecule has 146 valence electrons. The van der Waals surface area contributed by atoms with Crippen LogP contribution < -0.4 is 0 Å². The van der Waals surface area contributed by atoms with Crippen molar-refractivity contribution in [2.45, 2.75) is 43.9 Å². The summed E-state index contributed by atoms with van der Waals surface area (Å²) in [5.74, 6) is -0.0811. The van der Waals surface area contributed by atoms with Gasteiger partial charge in [-0.25, -0.2) is 0 Å². The van der Waals surface area contributed by atoms with Crippen LogP contribution in [0.5, 0.6) is 0 Å². The van der Waals surface area contributed by atoms with Crippen molar-refractivity contribution in [3.05, 3.63) is 70.7 Å². The Hall–Kier alpha value is -2.62. The molecule has 0 heterocycles. The van der Waals surface area contributed by atoms with Crippen LogP contribution in [0.3, 0.4) is 0 Å². The molecule has 2 aliphatic rings. The fourth-order valence-electron chi connectivity index (χ4n) is 5.73. The van der Waals surface area contributed by atoms with Crippen LogP contribution in [0, 0.1) is 39.9 Å². The topological polar surface area (TPSA) is 64.7 Å². The molecular formula is C25H23ClN2O. The molecule has 4 rings (SSSR count). The van der Waals surface area contributed by atoms with Gasteiger partial charge in [0.25, 0.3) is 0 Å². The molecule has 2 saturated carbocycles. The predicted octanol–water partition coefficient (Wildman–Crippen LogP) is 6.02. The second kappa shape index (κ2) is 8.02. The molecular weight excluding hydrogens is 380 g/mol. The number of ketones is 1. The third kappa shape index (κ3) is 3.57. The van der Waals surface area contributed by atoms with E-state index in [-0.39, 0.29) is 17.6 Å². The fraction of sp³-hybridized carbons (Fsp3) is 0.400. The van der Waals surface area contributed by atoms with Gasteiger partial charge in [0.2, 0.25) is 0 Å². The van der Waals surface area contributed by atoms with Gasteiger partial charge in [0.05, 0.1) is 12.1 Å². The second-order valence-electron chi connectivity index (χ2n) is 8.49. The van der Waals surface area contributed by atoms with E-state index in [0.717, 1.165) is 24.8 Å². The van der Waals surface area contributed by atoms with Crippen LogP contribution in [0.15, 0.2) is 54.6 Å². The maximum Gasteiger partial charge on any atom is 0.139 e. The lowest BCUT2D eigenvalue weighted by atomic mass is 9.48. The Bertz CT molecular complexity index is 959. The van der Waals surface area contributed by atoms with E-state index in [9.17, 15) is 15.3 Å². The van der Waals surface area contributed by atoms with Crippen molar-refractivity contribution in [3.63, 3.8) is 0 Å². The zero-order valence-corrected chi connectivity index (χ0v) is 17.0. The lowest BCUT2D eigenvalue weighted by Crippen LogP contribution is -2.49. The molecule has 2 aromatic rings. The van der Waals surface area contributed by atoms with Gasteiger partial charge in [0, 0.05) is 23.3 Å². The molecule has 0 aliphatic heterocycles. The first-order chi connectivity index (χ1) is 14.1. The largest absolute Gasteiger partial charge is 0.300 e. The average Bonchev–Trinajstić information content (AvgIpc) is 2.75. The summed E-state index contributed by atoms with van der Waals surface area (Å²) in [6.07, 6.45) is 3.35. The number of fused-ring (bicyclic) bond motifs is 1. The molecule has 2 aromatic carbocycles.